The maximum Gasteiger partial charge on any atom is 0.323 e. The zero-order valence-electron chi connectivity index (χ0n) is 28.5. The number of aliphatic hydroxyl groups is 1. The standard InChI is InChI=1S/C38H48N4O7/c1-38(2,3)49-36(46)32-10-7-21-42(32)23-29-22-33(26-15-13-25(24-43)14-16-26)48-37(47-29)27-17-19-28(20-18-27)40-34(44)11-6-12-35(45)41-31-9-5-4-8-30(31)39/h4-5,8-9,13-20,29,32-33,37,43H,6-7,10-12,21-24,39H2,1-3H3,(H,40,44)(H,41,45). The molecule has 0 bridgehead atoms. The van der Waals surface area contributed by atoms with Crippen LogP contribution in [0, 0.1) is 0 Å². The molecule has 0 saturated carbocycles. The molecular formula is C38H48N4O7. The molecule has 5 N–H and O–H groups in total. The Morgan fingerprint density at radius 1 is 0.918 bits per heavy atom. The highest BCUT2D eigenvalue weighted by Gasteiger charge is 2.39. The molecule has 5 rings (SSSR count). The molecule has 3 aromatic rings. The second-order valence-corrected chi connectivity index (χ2v) is 13.7. The van der Waals surface area contributed by atoms with Crippen molar-refractivity contribution in [3.05, 3.63) is 89.5 Å². The molecule has 0 aromatic heterocycles. The Kier molecular flexibility index (Phi) is 12.1. The Morgan fingerprint density at radius 3 is 2.27 bits per heavy atom. The molecule has 49 heavy (non-hydrogen) atoms. The van der Waals surface area contributed by atoms with Gasteiger partial charge in [-0.25, -0.2) is 0 Å². The van der Waals surface area contributed by atoms with Crippen LogP contribution in [0.5, 0.6) is 0 Å². The smallest absolute Gasteiger partial charge is 0.323 e. The van der Waals surface area contributed by atoms with Gasteiger partial charge in [-0.3, -0.25) is 19.3 Å². The molecule has 11 heteroatoms. The van der Waals surface area contributed by atoms with Crippen LogP contribution in [0.2, 0.25) is 0 Å². The van der Waals surface area contributed by atoms with Gasteiger partial charge in [-0.1, -0.05) is 48.5 Å². The predicted octanol–water partition coefficient (Wildman–Crippen LogP) is 5.86. The summed E-state index contributed by atoms with van der Waals surface area (Å²) in [5, 5.41) is 15.2. The monoisotopic (exact) mass is 672 g/mol. The van der Waals surface area contributed by atoms with Crippen LogP contribution in [0.25, 0.3) is 0 Å². The summed E-state index contributed by atoms with van der Waals surface area (Å²) in [6, 6.07) is 21.8. The molecule has 4 atom stereocenters. The minimum Gasteiger partial charge on any atom is -0.459 e. The maximum atomic E-state index is 13.0. The lowest BCUT2D eigenvalue weighted by Gasteiger charge is -2.38. The largest absolute Gasteiger partial charge is 0.459 e. The van der Waals surface area contributed by atoms with Crippen LogP contribution in [0.4, 0.5) is 17.1 Å². The molecule has 262 valence electrons. The van der Waals surface area contributed by atoms with Crippen molar-refractivity contribution < 1.29 is 33.7 Å². The molecule has 4 unspecified atom stereocenters. The highest BCUT2D eigenvalue weighted by atomic mass is 16.7. The van der Waals surface area contributed by atoms with Crippen molar-refractivity contribution in [1.29, 1.82) is 0 Å². The van der Waals surface area contributed by atoms with Crippen molar-refractivity contribution in [2.45, 2.75) is 96.0 Å². The van der Waals surface area contributed by atoms with Gasteiger partial charge in [0.25, 0.3) is 0 Å². The molecule has 2 amide bonds. The molecular weight excluding hydrogens is 624 g/mol. The van der Waals surface area contributed by atoms with Gasteiger partial charge in [-0.2, -0.15) is 0 Å². The van der Waals surface area contributed by atoms with Crippen LogP contribution in [0.15, 0.2) is 72.8 Å². The minimum atomic E-state index is -0.675. The van der Waals surface area contributed by atoms with E-state index in [2.05, 4.69) is 15.5 Å². The van der Waals surface area contributed by atoms with Gasteiger partial charge in [0.1, 0.15) is 11.6 Å². The van der Waals surface area contributed by atoms with Crippen molar-refractivity contribution in [3.8, 4) is 0 Å². The fraction of sp³-hybridized carbons (Fsp3) is 0.447. The fourth-order valence-corrected chi connectivity index (χ4v) is 6.16. The predicted molar refractivity (Wildman–Crippen MR) is 187 cm³/mol. The summed E-state index contributed by atoms with van der Waals surface area (Å²) in [7, 11) is 0. The number of amides is 2. The molecule has 0 spiro atoms. The van der Waals surface area contributed by atoms with Gasteiger partial charge in [-0.05, 0) is 82.0 Å². The first-order valence-corrected chi connectivity index (χ1v) is 17.0. The van der Waals surface area contributed by atoms with E-state index in [1.807, 2.05) is 57.2 Å². The molecule has 3 aromatic carbocycles. The number of rotatable bonds is 12. The number of nitrogens with zero attached hydrogens (tertiary/aromatic N) is 1. The first kappa shape index (κ1) is 36.0. The number of nitrogen functional groups attached to an aromatic ring is 1. The SMILES string of the molecule is CC(C)(C)OC(=O)C1CCCN1CC1CC(c2ccc(CO)cc2)OC(c2ccc(NC(=O)CCCC(=O)Nc3ccccc3N)cc2)O1. The molecule has 2 saturated heterocycles. The topological polar surface area (TPSA) is 152 Å². The van der Waals surface area contributed by atoms with Gasteiger partial charge in [-0.15, -0.1) is 0 Å². The van der Waals surface area contributed by atoms with E-state index in [4.69, 9.17) is 19.9 Å². The molecule has 2 fully saturated rings. The van der Waals surface area contributed by atoms with E-state index in [1.165, 1.54) is 0 Å². The average molecular weight is 673 g/mol. The van der Waals surface area contributed by atoms with Gasteiger partial charge in [0.2, 0.25) is 11.8 Å². The number of nitrogens with one attached hydrogen (secondary N) is 2. The Morgan fingerprint density at radius 2 is 1.59 bits per heavy atom. The molecule has 2 heterocycles. The number of hydrogen-bond donors (Lipinski definition) is 4. The second-order valence-electron chi connectivity index (χ2n) is 13.7. The summed E-state index contributed by atoms with van der Waals surface area (Å²) in [4.78, 5) is 40.1. The van der Waals surface area contributed by atoms with Gasteiger partial charge in [0.15, 0.2) is 6.29 Å². The first-order chi connectivity index (χ1) is 23.5. The number of aliphatic hydroxyl groups excluding tert-OH is 1. The van der Waals surface area contributed by atoms with Crippen LogP contribution in [-0.2, 0) is 35.2 Å². The van der Waals surface area contributed by atoms with E-state index in [-0.39, 0.29) is 55.5 Å². The number of likely N-dealkylation sites (tertiary alicyclic amines) is 1. The molecule has 0 radical (unpaired) electrons. The van der Waals surface area contributed by atoms with Gasteiger partial charge in [0.05, 0.1) is 30.2 Å². The summed E-state index contributed by atoms with van der Waals surface area (Å²) in [5.74, 6) is -0.599. The number of anilines is 3. The minimum absolute atomic E-state index is 0.0385. The van der Waals surface area contributed by atoms with Crippen molar-refractivity contribution >= 4 is 34.8 Å². The van der Waals surface area contributed by atoms with Crippen molar-refractivity contribution in [2.75, 3.05) is 29.5 Å². The third-order valence-electron chi connectivity index (χ3n) is 8.60. The summed E-state index contributed by atoms with van der Waals surface area (Å²) in [5.41, 5.74) is 9.58. The van der Waals surface area contributed by atoms with Gasteiger partial charge < -0.3 is 35.7 Å². The Bertz CT molecular complexity index is 1570. The molecule has 11 nitrogen and oxygen atoms in total. The van der Waals surface area contributed by atoms with Crippen molar-refractivity contribution in [3.63, 3.8) is 0 Å². The van der Waals surface area contributed by atoms with E-state index < -0.39 is 11.9 Å². The highest BCUT2D eigenvalue weighted by Crippen LogP contribution is 2.39. The summed E-state index contributed by atoms with van der Waals surface area (Å²) >= 11 is 0. The number of benzene rings is 3. The van der Waals surface area contributed by atoms with E-state index >= 15 is 0 Å². The van der Waals surface area contributed by atoms with Crippen LogP contribution in [-0.4, -0.2) is 58.6 Å². The molecule has 0 aliphatic carbocycles. The molecule has 2 aliphatic rings. The third kappa shape index (κ3) is 10.4. The van der Waals surface area contributed by atoms with E-state index in [9.17, 15) is 19.5 Å². The Balaban J connectivity index is 1.20. The number of para-hydroxylation sites is 2. The number of carbonyl (C=O) groups excluding carboxylic acids is 3. The fourth-order valence-electron chi connectivity index (χ4n) is 6.16. The van der Waals surface area contributed by atoms with E-state index in [0.29, 0.717) is 36.4 Å². The Hall–Kier alpha value is -4.29. The number of carbonyl (C=O) groups is 3. The number of ether oxygens (including phenoxy) is 3. The zero-order chi connectivity index (χ0) is 35.0. The van der Waals surface area contributed by atoms with E-state index in [0.717, 1.165) is 36.1 Å². The Labute approximate surface area is 288 Å². The lowest BCUT2D eigenvalue weighted by Crippen LogP contribution is -2.45. The summed E-state index contributed by atoms with van der Waals surface area (Å²) < 4.78 is 18.7. The summed E-state index contributed by atoms with van der Waals surface area (Å²) in [6.45, 7) is 6.94. The lowest BCUT2D eigenvalue weighted by molar-refractivity contribution is -0.253. The third-order valence-corrected chi connectivity index (χ3v) is 8.60. The average Bonchev–Trinajstić information content (AvgIpc) is 3.53. The lowest BCUT2D eigenvalue weighted by atomic mass is 9.99. The van der Waals surface area contributed by atoms with Gasteiger partial charge >= 0.3 is 5.97 Å². The highest BCUT2D eigenvalue weighted by molar-refractivity contribution is 5.94. The van der Waals surface area contributed by atoms with Crippen LogP contribution >= 0.6 is 0 Å². The van der Waals surface area contributed by atoms with Crippen LogP contribution < -0.4 is 16.4 Å². The number of esters is 1. The van der Waals surface area contributed by atoms with Crippen molar-refractivity contribution in [2.24, 2.45) is 0 Å². The normalized spacial score (nSPS) is 21.2. The maximum absolute atomic E-state index is 13.0. The van der Waals surface area contributed by atoms with Crippen LogP contribution in [0.3, 0.4) is 0 Å². The first-order valence-electron chi connectivity index (χ1n) is 17.0. The quantitative estimate of drug-likeness (QED) is 0.137. The van der Waals surface area contributed by atoms with Crippen LogP contribution in [0.1, 0.15) is 88.4 Å². The zero-order valence-corrected chi connectivity index (χ0v) is 28.5. The molecule has 2 aliphatic heterocycles. The summed E-state index contributed by atoms with van der Waals surface area (Å²) in [6.07, 6.45) is 1.85. The van der Waals surface area contributed by atoms with Crippen molar-refractivity contribution in [1.82, 2.24) is 4.90 Å². The number of hydrogen-bond acceptors (Lipinski definition) is 9. The second kappa shape index (κ2) is 16.4. The van der Waals surface area contributed by atoms with Gasteiger partial charge in [0, 0.05) is 37.1 Å². The van der Waals surface area contributed by atoms with E-state index in [1.54, 1.807) is 36.4 Å². The number of nitrogens with two attached hydrogens (primary N) is 1.